The van der Waals surface area contributed by atoms with Crippen molar-refractivity contribution in [1.29, 1.82) is 0 Å². The van der Waals surface area contributed by atoms with Crippen molar-refractivity contribution in [1.82, 2.24) is 15.0 Å². The number of halogens is 2. The Labute approximate surface area is 108 Å². The van der Waals surface area contributed by atoms with Crippen LogP contribution in [-0.2, 0) is 0 Å². The SMILES string of the molecule is COc1nc(Cl)nc(Nc2cc(C)cc(F)c2)n1. The van der Waals surface area contributed by atoms with Crippen LogP contribution in [0.5, 0.6) is 6.01 Å². The van der Waals surface area contributed by atoms with Gasteiger partial charge in [0.25, 0.3) is 0 Å². The molecule has 0 fully saturated rings. The second-order valence-corrected chi connectivity index (χ2v) is 3.90. The Morgan fingerprint density at radius 2 is 2.00 bits per heavy atom. The van der Waals surface area contributed by atoms with Gasteiger partial charge in [-0.3, -0.25) is 0 Å². The van der Waals surface area contributed by atoms with Crippen LogP contribution in [-0.4, -0.2) is 22.1 Å². The lowest BCUT2D eigenvalue weighted by atomic mass is 10.2. The van der Waals surface area contributed by atoms with Gasteiger partial charge in [-0.2, -0.15) is 15.0 Å². The summed E-state index contributed by atoms with van der Waals surface area (Å²) in [6.07, 6.45) is 0. The number of anilines is 2. The molecule has 5 nitrogen and oxygen atoms in total. The first-order chi connectivity index (χ1) is 8.56. The summed E-state index contributed by atoms with van der Waals surface area (Å²) in [6, 6.07) is 4.60. The molecule has 1 aromatic heterocycles. The minimum absolute atomic E-state index is 0.00234. The van der Waals surface area contributed by atoms with Gasteiger partial charge in [0.15, 0.2) is 0 Å². The van der Waals surface area contributed by atoms with Gasteiger partial charge in [-0.25, -0.2) is 4.39 Å². The van der Waals surface area contributed by atoms with Crippen molar-refractivity contribution >= 4 is 23.2 Å². The van der Waals surface area contributed by atoms with Gasteiger partial charge < -0.3 is 10.1 Å². The number of benzene rings is 1. The van der Waals surface area contributed by atoms with E-state index in [1.165, 1.54) is 19.2 Å². The van der Waals surface area contributed by atoms with E-state index in [1.807, 2.05) is 0 Å². The molecule has 0 aliphatic rings. The molecule has 0 saturated heterocycles. The quantitative estimate of drug-likeness (QED) is 0.927. The maximum absolute atomic E-state index is 13.2. The fourth-order valence-electron chi connectivity index (χ4n) is 1.42. The molecule has 0 spiro atoms. The number of nitrogens with one attached hydrogen (secondary N) is 1. The van der Waals surface area contributed by atoms with Crippen molar-refractivity contribution in [3.8, 4) is 6.01 Å². The lowest BCUT2D eigenvalue weighted by Gasteiger charge is -2.07. The molecule has 0 saturated carbocycles. The van der Waals surface area contributed by atoms with Crippen molar-refractivity contribution in [2.24, 2.45) is 0 Å². The number of ether oxygens (including phenoxy) is 1. The summed E-state index contributed by atoms with van der Waals surface area (Å²) >= 11 is 5.70. The van der Waals surface area contributed by atoms with Gasteiger partial charge in [0.05, 0.1) is 7.11 Å². The summed E-state index contributed by atoms with van der Waals surface area (Å²) in [5, 5.41) is 2.83. The van der Waals surface area contributed by atoms with Gasteiger partial charge in [-0.15, -0.1) is 0 Å². The van der Waals surface area contributed by atoms with E-state index in [0.717, 1.165) is 5.56 Å². The van der Waals surface area contributed by atoms with Crippen molar-refractivity contribution < 1.29 is 9.13 Å². The summed E-state index contributed by atoms with van der Waals surface area (Å²) in [6.45, 7) is 1.79. The van der Waals surface area contributed by atoms with Crippen LogP contribution < -0.4 is 10.1 Å². The highest BCUT2D eigenvalue weighted by Crippen LogP contribution is 2.18. The standard InChI is InChI=1S/C11H10ClFN4O/c1-6-3-7(13)5-8(4-6)14-10-15-9(12)16-11(17-10)18-2/h3-5H,1-2H3,(H,14,15,16,17). The zero-order valence-corrected chi connectivity index (χ0v) is 10.5. The Balaban J connectivity index is 2.30. The number of nitrogens with zero attached hydrogens (tertiary/aromatic N) is 3. The summed E-state index contributed by atoms with van der Waals surface area (Å²) < 4.78 is 18.1. The van der Waals surface area contributed by atoms with Crippen LogP contribution in [0.3, 0.4) is 0 Å². The van der Waals surface area contributed by atoms with Crippen molar-refractivity contribution in [3.05, 3.63) is 34.9 Å². The normalized spacial score (nSPS) is 10.2. The lowest BCUT2D eigenvalue weighted by Crippen LogP contribution is -2.02. The van der Waals surface area contributed by atoms with E-state index in [2.05, 4.69) is 20.3 Å². The van der Waals surface area contributed by atoms with Crippen molar-refractivity contribution in [3.63, 3.8) is 0 Å². The number of rotatable bonds is 3. The van der Waals surface area contributed by atoms with Crippen molar-refractivity contribution in [2.75, 3.05) is 12.4 Å². The average molecular weight is 269 g/mol. The van der Waals surface area contributed by atoms with Crippen LogP contribution in [0.1, 0.15) is 5.56 Å². The highest BCUT2D eigenvalue weighted by atomic mass is 35.5. The predicted molar refractivity (Wildman–Crippen MR) is 65.8 cm³/mol. The van der Waals surface area contributed by atoms with Gasteiger partial charge in [-0.1, -0.05) is 0 Å². The van der Waals surface area contributed by atoms with Crippen LogP contribution in [0.25, 0.3) is 0 Å². The lowest BCUT2D eigenvalue weighted by molar-refractivity contribution is 0.379. The van der Waals surface area contributed by atoms with Crippen LogP contribution in [0.15, 0.2) is 18.2 Å². The van der Waals surface area contributed by atoms with Gasteiger partial charge in [-0.05, 0) is 42.3 Å². The molecule has 0 unspecified atom stereocenters. The van der Waals surface area contributed by atoms with Crippen LogP contribution >= 0.6 is 11.6 Å². The van der Waals surface area contributed by atoms with E-state index >= 15 is 0 Å². The third-order valence-corrected chi connectivity index (χ3v) is 2.24. The third kappa shape index (κ3) is 3.04. The summed E-state index contributed by atoms with van der Waals surface area (Å²) in [4.78, 5) is 11.5. The maximum atomic E-state index is 13.2. The molecule has 94 valence electrons. The average Bonchev–Trinajstić information content (AvgIpc) is 2.26. The molecule has 0 aliphatic heterocycles. The monoisotopic (exact) mass is 268 g/mol. The molecule has 0 atom stereocenters. The molecule has 0 radical (unpaired) electrons. The van der Waals surface area contributed by atoms with Gasteiger partial charge in [0, 0.05) is 5.69 Å². The molecule has 7 heteroatoms. The minimum Gasteiger partial charge on any atom is -0.467 e. The van der Waals surface area contributed by atoms with E-state index < -0.39 is 0 Å². The van der Waals surface area contributed by atoms with Crippen LogP contribution in [0.2, 0.25) is 5.28 Å². The van der Waals surface area contributed by atoms with E-state index in [0.29, 0.717) is 5.69 Å². The summed E-state index contributed by atoms with van der Waals surface area (Å²) in [5.74, 6) is -0.151. The molecule has 1 N–H and O–H groups in total. The molecule has 18 heavy (non-hydrogen) atoms. The predicted octanol–water partition coefficient (Wildman–Crippen LogP) is 2.72. The number of methoxy groups -OCH3 is 1. The van der Waals surface area contributed by atoms with E-state index in [4.69, 9.17) is 16.3 Å². The first-order valence-corrected chi connectivity index (χ1v) is 5.44. The van der Waals surface area contributed by atoms with Crippen LogP contribution in [0.4, 0.5) is 16.0 Å². The van der Waals surface area contributed by atoms with E-state index in [9.17, 15) is 4.39 Å². The molecule has 0 amide bonds. The smallest absolute Gasteiger partial charge is 0.322 e. The maximum Gasteiger partial charge on any atom is 0.322 e. The first-order valence-electron chi connectivity index (χ1n) is 5.06. The highest BCUT2D eigenvalue weighted by molar-refractivity contribution is 6.28. The number of hydrogen-bond acceptors (Lipinski definition) is 5. The van der Waals surface area contributed by atoms with Gasteiger partial charge in [0.1, 0.15) is 5.82 Å². The molecule has 2 aromatic rings. The summed E-state index contributed by atoms with van der Waals surface area (Å²) in [5.41, 5.74) is 1.31. The molecule has 0 bridgehead atoms. The number of aryl methyl sites for hydroxylation is 1. The Kier molecular flexibility index (Phi) is 3.57. The summed E-state index contributed by atoms with van der Waals surface area (Å²) in [7, 11) is 1.42. The Morgan fingerprint density at radius 3 is 2.67 bits per heavy atom. The van der Waals surface area contributed by atoms with E-state index in [-0.39, 0.29) is 23.1 Å². The minimum atomic E-state index is -0.343. The number of hydrogen-bond donors (Lipinski definition) is 1. The molecule has 1 aromatic carbocycles. The zero-order valence-electron chi connectivity index (χ0n) is 9.74. The first kappa shape index (κ1) is 12.5. The molecular formula is C11H10ClFN4O. The second kappa shape index (κ2) is 5.14. The molecular weight excluding hydrogens is 259 g/mol. The van der Waals surface area contributed by atoms with Gasteiger partial charge in [0.2, 0.25) is 11.2 Å². The zero-order chi connectivity index (χ0) is 13.1. The van der Waals surface area contributed by atoms with Crippen molar-refractivity contribution in [2.45, 2.75) is 6.92 Å². The van der Waals surface area contributed by atoms with E-state index in [1.54, 1.807) is 13.0 Å². The fraction of sp³-hybridized carbons (Fsp3) is 0.182. The highest BCUT2D eigenvalue weighted by Gasteiger charge is 2.06. The third-order valence-electron chi connectivity index (χ3n) is 2.07. The fourth-order valence-corrected chi connectivity index (χ4v) is 1.57. The second-order valence-electron chi connectivity index (χ2n) is 3.56. The molecule has 2 rings (SSSR count). The number of aromatic nitrogens is 3. The Bertz CT molecular complexity index is 559. The molecule has 1 heterocycles. The van der Waals surface area contributed by atoms with Crippen LogP contribution in [0, 0.1) is 12.7 Å². The largest absolute Gasteiger partial charge is 0.467 e. The molecule has 0 aliphatic carbocycles. The Hall–Kier alpha value is -1.95. The Morgan fingerprint density at radius 1 is 1.22 bits per heavy atom. The topological polar surface area (TPSA) is 59.9 Å². The van der Waals surface area contributed by atoms with Gasteiger partial charge >= 0.3 is 6.01 Å².